The third-order valence-corrected chi connectivity index (χ3v) is 4.49. The zero-order valence-corrected chi connectivity index (χ0v) is 13.1. The van der Waals surface area contributed by atoms with Crippen molar-refractivity contribution in [2.75, 3.05) is 26.8 Å². The molecule has 0 bridgehead atoms. The summed E-state index contributed by atoms with van der Waals surface area (Å²) in [5, 5.41) is 0. The van der Waals surface area contributed by atoms with Crippen LogP contribution in [0.4, 0.5) is 0 Å². The molecule has 1 fully saturated rings. The number of benzene rings is 1. The zero-order chi connectivity index (χ0) is 13.8. The summed E-state index contributed by atoms with van der Waals surface area (Å²) >= 11 is 3.47. The zero-order valence-electron chi connectivity index (χ0n) is 11.5. The van der Waals surface area contributed by atoms with Gasteiger partial charge in [-0.2, -0.15) is 0 Å². The Labute approximate surface area is 123 Å². The molecule has 1 aliphatic rings. The normalized spacial score (nSPS) is 19.2. The lowest BCUT2D eigenvalue weighted by Gasteiger charge is -2.27. The van der Waals surface area contributed by atoms with Gasteiger partial charge in [0.15, 0.2) is 0 Å². The SMILES string of the molecule is Cc1c(Br)cccc1C(=O)N(C)CC1CCCOC1. The van der Waals surface area contributed by atoms with Crippen LogP contribution >= 0.6 is 15.9 Å². The van der Waals surface area contributed by atoms with Gasteiger partial charge in [-0.15, -0.1) is 0 Å². The van der Waals surface area contributed by atoms with Crippen LogP contribution in [0.1, 0.15) is 28.8 Å². The van der Waals surface area contributed by atoms with E-state index in [1.165, 1.54) is 0 Å². The van der Waals surface area contributed by atoms with E-state index in [4.69, 9.17) is 4.74 Å². The summed E-state index contributed by atoms with van der Waals surface area (Å²) in [6, 6.07) is 5.75. The van der Waals surface area contributed by atoms with E-state index in [9.17, 15) is 4.79 Å². The van der Waals surface area contributed by atoms with E-state index in [0.29, 0.717) is 5.92 Å². The fraction of sp³-hybridized carbons (Fsp3) is 0.533. The molecule has 0 saturated carbocycles. The first-order valence-corrected chi connectivity index (χ1v) is 7.47. The maximum atomic E-state index is 12.5. The number of hydrogen-bond donors (Lipinski definition) is 0. The van der Waals surface area contributed by atoms with Crippen molar-refractivity contribution < 1.29 is 9.53 Å². The minimum Gasteiger partial charge on any atom is -0.381 e. The fourth-order valence-corrected chi connectivity index (χ4v) is 2.83. The molecule has 1 atom stereocenters. The van der Waals surface area contributed by atoms with E-state index in [2.05, 4.69) is 15.9 Å². The fourth-order valence-electron chi connectivity index (χ4n) is 2.47. The lowest BCUT2D eigenvalue weighted by atomic mass is 10.0. The molecule has 104 valence electrons. The van der Waals surface area contributed by atoms with Gasteiger partial charge in [-0.05, 0) is 43.4 Å². The molecule has 4 heteroatoms. The predicted octanol–water partition coefficient (Wildman–Crippen LogP) is 3.26. The molecule has 2 rings (SSSR count). The van der Waals surface area contributed by atoms with Crippen LogP contribution in [0.15, 0.2) is 22.7 Å². The molecule has 3 nitrogen and oxygen atoms in total. The van der Waals surface area contributed by atoms with Crippen LogP contribution in [0.5, 0.6) is 0 Å². The highest BCUT2D eigenvalue weighted by Crippen LogP contribution is 2.21. The van der Waals surface area contributed by atoms with Crippen molar-refractivity contribution in [3.63, 3.8) is 0 Å². The van der Waals surface area contributed by atoms with Gasteiger partial charge in [-0.25, -0.2) is 0 Å². The lowest BCUT2D eigenvalue weighted by Crippen LogP contribution is -2.35. The Morgan fingerprint density at radius 2 is 2.32 bits per heavy atom. The van der Waals surface area contributed by atoms with E-state index in [1.807, 2.05) is 37.1 Å². The number of nitrogens with zero attached hydrogens (tertiary/aromatic N) is 1. The van der Waals surface area contributed by atoms with Crippen molar-refractivity contribution in [3.8, 4) is 0 Å². The third-order valence-electron chi connectivity index (χ3n) is 3.63. The van der Waals surface area contributed by atoms with Crippen molar-refractivity contribution in [2.45, 2.75) is 19.8 Å². The Balaban J connectivity index is 2.03. The first-order chi connectivity index (χ1) is 9.09. The van der Waals surface area contributed by atoms with Gasteiger partial charge in [0, 0.05) is 30.2 Å². The number of carbonyl (C=O) groups is 1. The second-order valence-corrected chi connectivity index (χ2v) is 6.04. The van der Waals surface area contributed by atoms with Gasteiger partial charge in [0.1, 0.15) is 0 Å². The molecule has 1 aliphatic heterocycles. The number of carbonyl (C=O) groups excluding carboxylic acids is 1. The Morgan fingerprint density at radius 3 is 3.00 bits per heavy atom. The van der Waals surface area contributed by atoms with Crippen LogP contribution in [0.25, 0.3) is 0 Å². The average Bonchev–Trinajstić information content (AvgIpc) is 2.42. The largest absolute Gasteiger partial charge is 0.381 e. The topological polar surface area (TPSA) is 29.5 Å². The molecule has 0 aliphatic carbocycles. The van der Waals surface area contributed by atoms with E-state index in [-0.39, 0.29) is 5.91 Å². The summed E-state index contributed by atoms with van der Waals surface area (Å²) in [5.74, 6) is 0.555. The molecular weight excluding hydrogens is 306 g/mol. The third kappa shape index (κ3) is 3.57. The minimum atomic E-state index is 0.0874. The van der Waals surface area contributed by atoms with E-state index < -0.39 is 0 Å². The number of ether oxygens (including phenoxy) is 1. The highest BCUT2D eigenvalue weighted by Gasteiger charge is 2.20. The standard InChI is InChI=1S/C15H20BrNO2/c1-11-13(6-3-7-14(11)16)15(18)17(2)9-12-5-4-8-19-10-12/h3,6-7,12H,4-5,8-10H2,1-2H3. The maximum Gasteiger partial charge on any atom is 0.253 e. The van der Waals surface area contributed by atoms with Crippen LogP contribution < -0.4 is 0 Å². The monoisotopic (exact) mass is 325 g/mol. The van der Waals surface area contributed by atoms with E-state index in [0.717, 1.165) is 48.2 Å². The summed E-state index contributed by atoms with van der Waals surface area (Å²) in [6.07, 6.45) is 2.25. The molecule has 1 amide bonds. The molecule has 1 heterocycles. The van der Waals surface area contributed by atoms with Crippen molar-refractivity contribution >= 4 is 21.8 Å². The molecule has 19 heavy (non-hydrogen) atoms. The van der Waals surface area contributed by atoms with Crippen LogP contribution in [-0.2, 0) is 4.74 Å². The Bertz CT molecular complexity index is 455. The van der Waals surface area contributed by atoms with Crippen molar-refractivity contribution in [2.24, 2.45) is 5.92 Å². The summed E-state index contributed by atoms with van der Waals surface area (Å²) < 4.78 is 6.45. The quantitative estimate of drug-likeness (QED) is 0.853. The number of rotatable bonds is 3. The van der Waals surface area contributed by atoms with Crippen LogP contribution in [0, 0.1) is 12.8 Å². The van der Waals surface area contributed by atoms with Gasteiger partial charge in [0.25, 0.3) is 5.91 Å². The highest BCUT2D eigenvalue weighted by atomic mass is 79.9. The number of hydrogen-bond acceptors (Lipinski definition) is 2. The molecule has 0 aromatic heterocycles. The summed E-state index contributed by atoms with van der Waals surface area (Å²) in [5.41, 5.74) is 1.77. The highest BCUT2D eigenvalue weighted by molar-refractivity contribution is 9.10. The number of halogens is 1. The molecule has 0 radical (unpaired) electrons. The van der Waals surface area contributed by atoms with Crippen LogP contribution in [0.3, 0.4) is 0 Å². The summed E-state index contributed by atoms with van der Waals surface area (Å²) in [4.78, 5) is 14.3. The van der Waals surface area contributed by atoms with E-state index >= 15 is 0 Å². The molecule has 1 aromatic rings. The predicted molar refractivity (Wildman–Crippen MR) is 79.4 cm³/mol. The van der Waals surface area contributed by atoms with Gasteiger partial charge in [0.2, 0.25) is 0 Å². The second-order valence-electron chi connectivity index (χ2n) is 5.18. The molecule has 0 spiro atoms. The molecule has 1 saturated heterocycles. The van der Waals surface area contributed by atoms with Gasteiger partial charge < -0.3 is 9.64 Å². The summed E-state index contributed by atoms with van der Waals surface area (Å²) in [7, 11) is 1.87. The Kier molecular flexibility index (Phi) is 4.99. The van der Waals surface area contributed by atoms with Gasteiger partial charge in [-0.3, -0.25) is 4.79 Å². The van der Waals surface area contributed by atoms with Gasteiger partial charge in [0.05, 0.1) is 6.61 Å². The Morgan fingerprint density at radius 1 is 1.53 bits per heavy atom. The first kappa shape index (κ1) is 14.5. The van der Waals surface area contributed by atoms with Crippen LogP contribution in [0.2, 0.25) is 0 Å². The smallest absolute Gasteiger partial charge is 0.253 e. The first-order valence-electron chi connectivity index (χ1n) is 6.68. The van der Waals surface area contributed by atoms with Crippen molar-refractivity contribution in [1.82, 2.24) is 4.90 Å². The minimum absolute atomic E-state index is 0.0874. The second kappa shape index (κ2) is 6.53. The van der Waals surface area contributed by atoms with Crippen molar-refractivity contribution in [3.05, 3.63) is 33.8 Å². The molecule has 1 aromatic carbocycles. The van der Waals surface area contributed by atoms with E-state index in [1.54, 1.807) is 0 Å². The average molecular weight is 326 g/mol. The maximum absolute atomic E-state index is 12.5. The molecule has 1 unspecified atom stereocenters. The Hall–Kier alpha value is -0.870. The molecular formula is C15H20BrNO2. The van der Waals surface area contributed by atoms with Crippen LogP contribution in [-0.4, -0.2) is 37.6 Å². The number of amides is 1. The molecule has 0 N–H and O–H groups in total. The summed E-state index contributed by atoms with van der Waals surface area (Å²) in [6.45, 7) is 4.37. The van der Waals surface area contributed by atoms with Gasteiger partial charge in [-0.1, -0.05) is 22.0 Å². The lowest BCUT2D eigenvalue weighted by molar-refractivity contribution is 0.0388. The van der Waals surface area contributed by atoms with Gasteiger partial charge >= 0.3 is 0 Å². The van der Waals surface area contributed by atoms with Crippen molar-refractivity contribution in [1.29, 1.82) is 0 Å².